The van der Waals surface area contributed by atoms with Gasteiger partial charge < -0.3 is 11.1 Å². The molecule has 0 aromatic heterocycles. The number of carbonyl (C=O) groups is 1. The van der Waals surface area contributed by atoms with Crippen LogP contribution in [0.15, 0.2) is 45.3 Å². The zero-order chi connectivity index (χ0) is 14.0. The van der Waals surface area contributed by atoms with Gasteiger partial charge in [0.05, 0.1) is 11.4 Å². The van der Waals surface area contributed by atoms with Crippen molar-refractivity contribution >= 4 is 49.1 Å². The van der Waals surface area contributed by atoms with Crippen LogP contribution in [0.5, 0.6) is 0 Å². The van der Waals surface area contributed by atoms with Crippen LogP contribution in [0.4, 0.5) is 11.4 Å². The molecule has 0 fully saturated rings. The summed E-state index contributed by atoms with van der Waals surface area (Å²) in [5.74, 6) is -0.197. The fourth-order valence-corrected chi connectivity index (χ4v) is 2.97. The maximum Gasteiger partial charge on any atom is 0.255 e. The lowest BCUT2D eigenvalue weighted by Gasteiger charge is -2.09. The van der Waals surface area contributed by atoms with Gasteiger partial charge in [-0.25, -0.2) is 0 Å². The van der Waals surface area contributed by atoms with Crippen molar-refractivity contribution in [3.05, 3.63) is 56.5 Å². The third kappa shape index (κ3) is 3.58. The van der Waals surface area contributed by atoms with E-state index in [1.165, 1.54) is 0 Å². The van der Waals surface area contributed by atoms with Crippen LogP contribution in [0.25, 0.3) is 0 Å². The normalized spacial score (nSPS) is 10.3. The van der Waals surface area contributed by atoms with E-state index in [1.807, 2.05) is 25.1 Å². The highest BCUT2D eigenvalue weighted by molar-refractivity contribution is 9.11. The van der Waals surface area contributed by atoms with Crippen molar-refractivity contribution in [2.24, 2.45) is 0 Å². The molecule has 0 aliphatic carbocycles. The minimum atomic E-state index is -0.197. The third-order valence-corrected chi connectivity index (χ3v) is 3.50. The Morgan fingerprint density at radius 1 is 1.11 bits per heavy atom. The van der Waals surface area contributed by atoms with Gasteiger partial charge in [-0.05, 0) is 42.8 Å². The van der Waals surface area contributed by atoms with Gasteiger partial charge in [0.1, 0.15) is 0 Å². The Morgan fingerprint density at radius 2 is 1.74 bits per heavy atom. The predicted molar refractivity (Wildman–Crippen MR) is 85.4 cm³/mol. The molecular formula is C14H12Br2N2O. The Hall–Kier alpha value is -1.33. The van der Waals surface area contributed by atoms with Crippen LogP contribution < -0.4 is 11.1 Å². The van der Waals surface area contributed by atoms with Crippen LogP contribution in [0.3, 0.4) is 0 Å². The molecule has 0 spiro atoms. The molecule has 2 aromatic carbocycles. The first-order chi connectivity index (χ1) is 8.95. The van der Waals surface area contributed by atoms with E-state index >= 15 is 0 Å². The van der Waals surface area contributed by atoms with Gasteiger partial charge in [0, 0.05) is 14.5 Å². The van der Waals surface area contributed by atoms with Crippen LogP contribution in [-0.4, -0.2) is 5.91 Å². The lowest BCUT2D eigenvalue weighted by Crippen LogP contribution is -2.13. The summed E-state index contributed by atoms with van der Waals surface area (Å²) in [5, 5.41) is 2.80. The maximum atomic E-state index is 12.1. The summed E-state index contributed by atoms with van der Waals surface area (Å²) in [6.07, 6.45) is 0. The van der Waals surface area contributed by atoms with Crippen LogP contribution in [0.1, 0.15) is 15.9 Å². The smallest absolute Gasteiger partial charge is 0.255 e. The summed E-state index contributed by atoms with van der Waals surface area (Å²) < 4.78 is 1.67. The Kier molecular flexibility index (Phi) is 4.27. The van der Waals surface area contributed by atoms with E-state index in [9.17, 15) is 4.79 Å². The molecule has 3 nitrogen and oxygen atoms in total. The molecule has 2 aromatic rings. The summed E-state index contributed by atoms with van der Waals surface area (Å²) in [7, 11) is 0. The summed E-state index contributed by atoms with van der Waals surface area (Å²) in [6.45, 7) is 1.95. The number of rotatable bonds is 2. The predicted octanol–water partition coefficient (Wildman–Crippen LogP) is 4.35. The number of anilines is 2. The van der Waals surface area contributed by atoms with Crippen LogP contribution in [-0.2, 0) is 0 Å². The van der Waals surface area contributed by atoms with Crippen molar-refractivity contribution in [1.29, 1.82) is 0 Å². The van der Waals surface area contributed by atoms with Gasteiger partial charge in [-0.15, -0.1) is 0 Å². The second kappa shape index (κ2) is 5.75. The second-order valence-electron chi connectivity index (χ2n) is 4.20. The Labute approximate surface area is 128 Å². The SMILES string of the molecule is Cc1ccc(NC(=O)c2cc(Br)cc(Br)c2)c(N)c1. The van der Waals surface area contributed by atoms with E-state index in [4.69, 9.17) is 5.73 Å². The first-order valence-electron chi connectivity index (χ1n) is 5.59. The molecule has 0 radical (unpaired) electrons. The summed E-state index contributed by atoms with van der Waals surface area (Å²) in [6, 6.07) is 10.9. The number of aryl methyl sites for hydroxylation is 1. The molecule has 0 aliphatic heterocycles. The highest BCUT2D eigenvalue weighted by Gasteiger charge is 2.09. The lowest BCUT2D eigenvalue weighted by atomic mass is 10.1. The Balaban J connectivity index is 2.25. The molecule has 1 amide bonds. The number of nitrogens with two attached hydrogens (primary N) is 1. The third-order valence-electron chi connectivity index (χ3n) is 2.58. The van der Waals surface area contributed by atoms with Gasteiger partial charge in [0.25, 0.3) is 5.91 Å². The van der Waals surface area contributed by atoms with Crippen LogP contribution in [0, 0.1) is 6.92 Å². The summed E-state index contributed by atoms with van der Waals surface area (Å²) in [5.41, 5.74) is 8.66. The minimum absolute atomic E-state index is 0.197. The van der Waals surface area contributed by atoms with Gasteiger partial charge >= 0.3 is 0 Å². The zero-order valence-corrected chi connectivity index (χ0v) is 13.4. The zero-order valence-electron chi connectivity index (χ0n) is 10.2. The summed E-state index contributed by atoms with van der Waals surface area (Å²) in [4.78, 5) is 12.1. The quantitative estimate of drug-likeness (QED) is 0.757. The van der Waals surface area contributed by atoms with Crippen molar-refractivity contribution in [3.63, 3.8) is 0 Å². The van der Waals surface area contributed by atoms with Crippen molar-refractivity contribution in [3.8, 4) is 0 Å². The molecule has 5 heteroatoms. The number of carbonyl (C=O) groups excluding carboxylic acids is 1. The average Bonchev–Trinajstić information content (AvgIpc) is 2.31. The first kappa shape index (κ1) is 14.1. The number of hydrogen-bond donors (Lipinski definition) is 2. The van der Waals surface area contributed by atoms with Gasteiger partial charge in [0.2, 0.25) is 0 Å². The number of halogens is 2. The summed E-state index contributed by atoms with van der Waals surface area (Å²) >= 11 is 6.71. The molecule has 0 saturated heterocycles. The molecule has 0 aliphatic rings. The number of nitrogens with one attached hydrogen (secondary N) is 1. The van der Waals surface area contributed by atoms with E-state index in [0.717, 1.165) is 14.5 Å². The molecule has 19 heavy (non-hydrogen) atoms. The van der Waals surface area contributed by atoms with E-state index in [2.05, 4.69) is 37.2 Å². The maximum absolute atomic E-state index is 12.1. The van der Waals surface area contributed by atoms with Gasteiger partial charge in [-0.1, -0.05) is 37.9 Å². The van der Waals surface area contributed by atoms with Crippen molar-refractivity contribution in [1.82, 2.24) is 0 Å². The van der Waals surface area contributed by atoms with E-state index in [1.54, 1.807) is 18.2 Å². The Morgan fingerprint density at radius 3 is 2.32 bits per heavy atom. The fourth-order valence-electron chi connectivity index (χ4n) is 1.68. The molecule has 98 valence electrons. The topological polar surface area (TPSA) is 55.1 Å². The monoisotopic (exact) mass is 382 g/mol. The molecule has 0 heterocycles. The minimum Gasteiger partial charge on any atom is -0.397 e. The highest BCUT2D eigenvalue weighted by atomic mass is 79.9. The number of amides is 1. The average molecular weight is 384 g/mol. The number of nitrogen functional groups attached to an aromatic ring is 1. The van der Waals surface area contributed by atoms with Gasteiger partial charge in [-0.3, -0.25) is 4.79 Å². The highest BCUT2D eigenvalue weighted by Crippen LogP contribution is 2.23. The largest absolute Gasteiger partial charge is 0.397 e. The fraction of sp³-hybridized carbons (Fsp3) is 0.0714. The number of hydrogen-bond acceptors (Lipinski definition) is 2. The lowest BCUT2D eigenvalue weighted by molar-refractivity contribution is 0.102. The second-order valence-corrected chi connectivity index (χ2v) is 6.03. The molecule has 0 unspecified atom stereocenters. The van der Waals surface area contributed by atoms with Gasteiger partial charge in [0.15, 0.2) is 0 Å². The van der Waals surface area contributed by atoms with Crippen LogP contribution in [0.2, 0.25) is 0 Å². The van der Waals surface area contributed by atoms with E-state index in [0.29, 0.717) is 16.9 Å². The van der Waals surface area contributed by atoms with Crippen molar-refractivity contribution in [2.75, 3.05) is 11.1 Å². The molecule has 0 saturated carbocycles. The number of benzene rings is 2. The van der Waals surface area contributed by atoms with Crippen molar-refractivity contribution in [2.45, 2.75) is 6.92 Å². The Bertz CT molecular complexity index is 621. The van der Waals surface area contributed by atoms with Crippen LogP contribution >= 0.6 is 31.9 Å². The molecule has 3 N–H and O–H groups in total. The van der Waals surface area contributed by atoms with Gasteiger partial charge in [-0.2, -0.15) is 0 Å². The molecular weight excluding hydrogens is 372 g/mol. The van der Waals surface area contributed by atoms with E-state index < -0.39 is 0 Å². The molecule has 0 bridgehead atoms. The first-order valence-corrected chi connectivity index (χ1v) is 7.18. The standard InChI is InChI=1S/C14H12Br2N2O/c1-8-2-3-13(12(17)4-8)18-14(19)9-5-10(15)7-11(16)6-9/h2-7H,17H2,1H3,(H,18,19). The van der Waals surface area contributed by atoms with E-state index in [-0.39, 0.29) is 5.91 Å². The molecule has 2 rings (SSSR count). The molecule has 0 atom stereocenters. The van der Waals surface area contributed by atoms with Crippen molar-refractivity contribution < 1.29 is 4.79 Å².